The van der Waals surface area contributed by atoms with Crippen molar-refractivity contribution in [2.24, 2.45) is 5.92 Å². The molecule has 0 N–H and O–H groups in total. The monoisotopic (exact) mass is 160 g/mol. The maximum absolute atomic E-state index is 2.40. The largest absolute Gasteiger partial charge is 0.309 e. The molecule has 1 rings (SSSR count). The molecule has 0 aromatic carbocycles. The van der Waals surface area contributed by atoms with Crippen LogP contribution in [0.15, 0.2) is 0 Å². The molecule has 1 saturated heterocycles. The lowest BCUT2D eigenvalue weighted by atomic mass is 10.0. The second-order valence-electron chi connectivity index (χ2n) is 3.16. The fraction of sp³-hybridized carbons (Fsp3) is 1.00. The van der Waals surface area contributed by atoms with Crippen molar-refractivity contribution in [1.82, 2.24) is 9.21 Å². The summed E-state index contributed by atoms with van der Waals surface area (Å²) in [5, 5.41) is 0. The summed E-state index contributed by atoms with van der Waals surface area (Å²) in [6.45, 7) is 3.80. The predicted molar refractivity (Wildman–Crippen MR) is 47.1 cm³/mol. The summed E-state index contributed by atoms with van der Waals surface area (Å²) < 4.78 is 2.40. The minimum atomic E-state index is 0.919. The molecule has 0 aromatic rings. The lowest BCUT2D eigenvalue weighted by Crippen LogP contribution is -2.46. The molecule has 0 bridgehead atoms. The van der Waals surface area contributed by atoms with Gasteiger partial charge in [0.2, 0.25) is 0 Å². The summed E-state index contributed by atoms with van der Waals surface area (Å²) in [5.41, 5.74) is 0. The van der Waals surface area contributed by atoms with Crippen LogP contribution in [0, 0.1) is 5.92 Å². The molecular weight excluding hydrogens is 144 g/mol. The lowest BCUT2D eigenvalue weighted by molar-refractivity contribution is 0.173. The third-order valence-electron chi connectivity index (χ3n) is 1.81. The lowest BCUT2D eigenvalue weighted by Gasteiger charge is -2.38. The Morgan fingerprint density at radius 1 is 1.50 bits per heavy atom. The van der Waals surface area contributed by atoms with E-state index in [-0.39, 0.29) is 0 Å². The summed E-state index contributed by atoms with van der Waals surface area (Å²) >= 11 is 1.86. The molecule has 0 unspecified atom stereocenters. The van der Waals surface area contributed by atoms with Gasteiger partial charge in [-0.25, -0.2) is 0 Å². The average Bonchev–Trinajstić information content (AvgIpc) is 1.76. The van der Waals surface area contributed by atoms with E-state index in [4.69, 9.17) is 0 Å². The highest BCUT2D eigenvalue weighted by atomic mass is 32.2. The molecule has 3 heteroatoms. The van der Waals surface area contributed by atoms with E-state index < -0.39 is 0 Å². The van der Waals surface area contributed by atoms with Gasteiger partial charge in [0.25, 0.3) is 0 Å². The second-order valence-corrected chi connectivity index (χ2v) is 4.04. The Bertz CT molecular complexity index is 99.8. The summed E-state index contributed by atoms with van der Waals surface area (Å²) in [5.74, 6) is 0.919. The first kappa shape index (κ1) is 8.37. The molecule has 0 amide bonds. The van der Waals surface area contributed by atoms with Crippen LogP contribution in [0.1, 0.15) is 0 Å². The Kier molecular flexibility index (Phi) is 3.01. The first-order valence-electron chi connectivity index (χ1n) is 3.66. The van der Waals surface area contributed by atoms with Gasteiger partial charge in [-0.2, -0.15) is 0 Å². The highest BCUT2D eigenvalue weighted by Gasteiger charge is 2.25. The first-order valence-corrected chi connectivity index (χ1v) is 4.84. The van der Waals surface area contributed by atoms with Crippen molar-refractivity contribution < 1.29 is 0 Å². The summed E-state index contributed by atoms with van der Waals surface area (Å²) in [7, 11) is 4.28. The fourth-order valence-electron chi connectivity index (χ4n) is 1.30. The quantitative estimate of drug-likeness (QED) is 0.563. The van der Waals surface area contributed by atoms with Crippen LogP contribution in [-0.4, -0.2) is 49.2 Å². The fourth-order valence-corrected chi connectivity index (χ4v) is 2.02. The van der Waals surface area contributed by atoms with E-state index in [2.05, 4.69) is 29.6 Å². The van der Waals surface area contributed by atoms with Crippen LogP contribution in [0.2, 0.25) is 0 Å². The van der Waals surface area contributed by atoms with Gasteiger partial charge in [0.05, 0.1) is 0 Å². The molecule has 60 valence electrons. The van der Waals surface area contributed by atoms with Crippen LogP contribution in [0.4, 0.5) is 0 Å². The molecule has 2 nitrogen and oxygen atoms in total. The van der Waals surface area contributed by atoms with Crippen molar-refractivity contribution in [1.29, 1.82) is 0 Å². The molecule has 1 aliphatic rings. The zero-order valence-corrected chi connectivity index (χ0v) is 7.82. The van der Waals surface area contributed by atoms with Crippen LogP contribution in [0.25, 0.3) is 0 Å². The van der Waals surface area contributed by atoms with E-state index >= 15 is 0 Å². The minimum Gasteiger partial charge on any atom is -0.309 e. The normalized spacial score (nSPS) is 21.6. The SMILES string of the molecule is CSN1CC(CN(C)C)C1. The minimum absolute atomic E-state index is 0.919. The Morgan fingerprint density at radius 2 is 2.10 bits per heavy atom. The number of hydrogen-bond donors (Lipinski definition) is 0. The van der Waals surface area contributed by atoms with Gasteiger partial charge in [-0.05, 0) is 26.3 Å². The van der Waals surface area contributed by atoms with Gasteiger partial charge in [0.15, 0.2) is 0 Å². The Hall–Kier alpha value is 0.270. The molecule has 0 spiro atoms. The van der Waals surface area contributed by atoms with Gasteiger partial charge in [0.1, 0.15) is 0 Å². The van der Waals surface area contributed by atoms with Crippen molar-refractivity contribution in [2.45, 2.75) is 0 Å². The highest BCUT2D eigenvalue weighted by molar-refractivity contribution is 7.96. The molecule has 1 heterocycles. The van der Waals surface area contributed by atoms with Crippen LogP contribution in [-0.2, 0) is 0 Å². The summed E-state index contributed by atoms with van der Waals surface area (Å²) in [4.78, 5) is 2.27. The van der Waals surface area contributed by atoms with E-state index in [0.717, 1.165) is 5.92 Å². The smallest absolute Gasteiger partial charge is 0.0143 e. The van der Waals surface area contributed by atoms with E-state index in [1.165, 1.54) is 19.6 Å². The topological polar surface area (TPSA) is 6.48 Å². The second kappa shape index (κ2) is 3.60. The molecule has 0 radical (unpaired) electrons. The van der Waals surface area contributed by atoms with Crippen LogP contribution < -0.4 is 0 Å². The van der Waals surface area contributed by atoms with E-state index in [9.17, 15) is 0 Å². The van der Waals surface area contributed by atoms with Crippen LogP contribution >= 0.6 is 11.9 Å². The highest BCUT2D eigenvalue weighted by Crippen LogP contribution is 2.21. The van der Waals surface area contributed by atoms with Crippen LogP contribution in [0.3, 0.4) is 0 Å². The number of rotatable bonds is 3. The maximum Gasteiger partial charge on any atom is 0.0143 e. The maximum atomic E-state index is 2.40. The predicted octanol–water partition coefficient (Wildman–Crippen LogP) is 0.758. The molecule has 0 aliphatic carbocycles. The van der Waals surface area contributed by atoms with Crippen molar-refractivity contribution in [3.8, 4) is 0 Å². The standard InChI is InChI=1S/C7H16N2S/c1-8(2)4-7-5-9(6-7)10-3/h7H,4-6H2,1-3H3. The third kappa shape index (κ3) is 2.15. The summed E-state index contributed by atoms with van der Waals surface area (Å²) in [6.07, 6.45) is 2.14. The Morgan fingerprint density at radius 3 is 2.50 bits per heavy atom. The van der Waals surface area contributed by atoms with E-state index in [1.807, 2.05) is 11.9 Å². The average molecular weight is 160 g/mol. The molecule has 0 saturated carbocycles. The number of nitrogens with zero attached hydrogens (tertiary/aromatic N) is 2. The Balaban J connectivity index is 2.03. The Labute approximate surface area is 67.7 Å². The van der Waals surface area contributed by atoms with Gasteiger partial charge < -0.3 is 4.90 Å². The van der Waals surface area contributed by atoms with E-state index in [0.29, 0.717) is 0 Å². The van der Waals surface area contributed by atoms with Gasteiger partial charge in [-0.15, -0.1) is 0 Å². The van der Waals surface area contributed by atoms with Gasteiger partial charge in [0, 0.05) is 19.6 Å². The van der Waals surface area contributed by atoms with Gasteiger partial charge >= 0.3 is 0 Å². The molecular formula is C7H16N2S. The molecule has 0 aromatic heterocycles. The van der Waals surface area contributed by atoms with Gasteiger partial charge in [-0.1, -0.05) is 11.9 Å². The van der Waals surface area contributed by atoms with Crippen molar-refractivity contribution in [3.05, 3.63) is 0 Å². The van der Waals surface area contributed by atoms with Crippen molar-refractivity contribution >= 4 is 11.9 Å². The molecule has 1 fully saturated rings. The zero-order chi connectivity index (χ0) is 7.56. The van der Waals surface area contributed by atoms with Crippen molar-refractivity contribution in [2.75, 3.05) is 40.0 Å². The third-order valence-corrected chi connectivity index (χ3v) is 2.62. The van der Waals surface area contributed by atoms with Gasteiger partial charge in [-0.3, -0.25) is 4.31 Å². The zero-order valence-electron chi connectivity index (χ0n) is 7.00. The molecule has 1 aliphatic heterocycles. The number of hydrogen-bond acceptors (Lipinski definition) is 3. The summed E-state index contributed by atoms with van der Waals surface area (Å²) in [6, 6.07) is 0. The molecule has 0 atom stereocenters. The first-order chi connectivity index (χ1) is 4.72. The van der Waals surface area contributed by atoms with Crippen LogP contribution in [0.5, 0.6) is 0 Å². The molecule has 10 heavy (non-hydrogen) atoms. The van der Waals surface area contributed by atoms with E-state index in [1.54, 1.807) is 0 Å². The van der Waals surface area contributed by atoms with Crippen molar-refractivity contribution in [3.63, 3.8) is 0 Å².